The highest BCUT2D eigenvalue weighted by Crippen LogP contribution is 2.39. The fourth-order valence-electron chi connectivity index (χ4n) is 7.70. The van der Waals surface area contributed by atoms with Gasteiger partial charge in [0.05, 0.1) is 22.1 Å². The van der Waals surface area contributed by atoms with Crippen LogP contribution in [0.5, 0.6) is 0 Å². The number of aromatic nitrogens is 4. The Morgan fingerprint density at radius 1 is 0.300 bits per heavy atom. The van der Waals surface area contributed by atoms with Crippen LogP contribution in [0.2, 0.25) is 0 Å². The molecule has 0 aliphatic rings. The SMILES string of the molecule is c1ccc2c(c1)c1ccccc1n2-c1ccc(-c2ccncc2-c2cnccc2-c2ccc(-n3c4ccccc4c4ccccc43)cc2)cc1. The number of nitrogens with zero attached hydrogens (tertiary/aromatic N) is 4. The van der Waals surface area contributed by atoms with Gasteiger partial charge in [0.15, 0.2) is 0 Å². The molecule has 0 spiro atoms. The van der Waals surface area contributed by atoms with E-state index < -0.39 is 0 Å². The normalized spacial score (nSPS) is 11.6. The minimum Gasteiger partial charge on any atom is -0.309 e. The smallest absolute Gasteiger partial charge is 0.0541 e. The molecule has 10 aromatic rings. The monoisotopic (exact) mass is 638 g/mol. The molecule has 0 aliphatic heterocycles. The Kier molecular flexibility index (Phi) is 6.46. The van der Waals surface area contributed by atoms with E-state index >= 15 is 0 Å². The van der Waals surface area contributed by atoms with Crippen molar-refractivity contribution in [2.45, 2.75) is 0 Å². The lowest BCUT2D eigenvalue weighted by Gasteiger charge is -2.15. The van der Waals surface area contributed by atoms with Gasteiger partial charge in [0.1, 0.15) is 0 Å². The molecule has 50 heavy (non-hydrogen) atoms. The Hall–Kier alpha value is -6.78. The Labute approximate surface area is 289 Å². The molecule has 10 rings (SSSR count). The Morgan fingerprint density at radius 3 is 0.960 bits per heavy atom. The summed E-state index contributed by atoms with van der Waals surface area (Å²) in [6.07, 6.45) is 7.67. The summed E-state index contributed by atoms with van der Waals surface area (Å²) in [6, 6.07) is 56.4. The van der Waals surface area contributed by atoms with Crippen LogP contribution in [0.25, 0.3) is 88.4 Å². The molecular weight excluding hydrogens is 609 g/mol. The molecule has 0 fully saturated rings. The van der Waals surface area contributed by atoms with Gasteiger partial charge in [-0.1, -0.05) is 97.1 Å². The van der Waals surface area contributed by atoms with E-state index in [0.717, 1.165) is 44.8 Å². The maximum atomic E-state index is 4.58. The molecule has 4 heteroatoms. The van der Waals surface area contributed by atoms with Gasteiger partial charge in [0.2, 0.25) is 0 Å². The summed E-state index contributed by atoms with van der Waals surface area (Å²) in [6.45, 7) is 0. The second kappa shape index (κ2) is 11.4. The van der Waals surface area contributed by atoms with Crippen LogP contribution < -0.4 is 0 Å². The summed E-state index contributed by atoms with van der Waals surface area (Å²) >= 11 is 0. The van der Waals surface area contributed by atoms with Crippen LogP contribution in [0.3, 0.4) is 0 Å². The molecule has 234 valence electrons. The second-order valence-electron chi connectivity index (χ2n) is 12.7. The Balaban J connectivity index is 1.04. The summed E-state index contributed by atoms with van der Waals surface area (Å²) in [5.74, 6) is 0. The first-order valence-corrected chi connectivity index (χ1v) is 16.9. The number of para-hydroxylation sites is 4. The number of fused-ring (bicyclic) bond motifs is 6. The van der Waals surface area contributed by atoms with Gasteiger partial charge < -0.3 is 9.13 Å². The van der Waals surface area contributed by atoms with Crippen molar-refractivity contribution in [2.24, 2.45) is 0 Å². The fourth-order valence-corrected chi connectivity index (χ4v) is 7.70. The molecule has 4 aromatic heterocycles. The van der Waals surface area contributed by atoms with Gasteiger partial charge in [-0.3, -0.25) is 9.97 Å². The summed E-state index contributed by atoms with van der Waals surface area (Å²) in [5, 5.41) is 5.04. The van der Waals surface area contributed by atoms with Crippen molar-refractivity contribution in [2.75, 3.05) is 0 Å². The van der Waals surface area contributed by atoms with Crippen LogP contribution in [0.1, 0.15) is 0 Å². The number of hydrogen-bond donors (Lipinski definition) is 0. The second-order valence-corrected chi connectivity index (χ2v) is 12.7. The lowest BCUT2D eigenvalue weighted by atomic mass is 9.92. The predicted octanol–water partition coefficient (Wildman–Crippen LogP) is 11.7. The number of pyridine rings is 2. The molecule has 0 radical (unpaired) electrons. The van der Waals surface area contributed by atoms with Crippen molar-refractivity contribution in [1.29, 1.82) is 0 Å². The topological polar surface area (TPSA) is 35.6 Å². The molecule has 4 heterocycles. The lowest BCUT2D eigenvalue weighted by Crippen LogP contribution is -1.95. The molecule has 6 aromatic carbocycles. The molecule has 4 nitrogen and oxygen atoms in total. The van der Waals surface area contributed by atoms with Crippen molar-refractivity contribution in [3.05, 3.63) is 183 Å². The maximum Gasteiger partial charge on any atom is 0.0541 e. The molecule has 0 bridgehead atoms. The largest absolute Gasteiger partial charge is 0.309 e. The van der Waals surface area contributed by atoms with E-state index in [9.17, 15) is 0 Å². The van der Waals surface area contributed by atoms with Gasteiger partial charge in [-0.15, -0.1) is 0 Å². The van der Waals surface area contributed by atoms with E-state index in [4.69, 9.17) is 0 Å². The molecule has 0 saturated carbocycles. The molecule has 0 amide bonds. The van der Waals surface area contributed by atoms with Crippen LogP contribution in [0, 0.1) is 0 Å². The highest BCUT2D eigenvalue weighted by molar-refractivity contribution is 6.10. The van der Waals surface area contributed by atoms with E-state index in [0.29, 0.717) is 0 Å². The average molecular weight is 639 g/mol. The van der Waals surface area contributed by atoms with Crippen LogP contribution in [0.4, 0.5) is 0 Å². The Morgan fingerprint density at radius 2 is 0.620 bits per heavy atom. The summed E-state index contributed by atoms with van der Waals surface area (Å²) in [4.78, 5) is 9.16. The third-order valence-corrected chi connectivity index (χ3v) is 9.97. The number of hydrogen-bond acceptors (Lipinski definition) is 2. The summed E-state index contributed by atoms with van der Waals surface area (Å²) in [7, 11) is 0. The lowest BCUT2D eigenvalue weighted by molar-refractivity contribution is 1.18. The zero-order valence-corrected chi connectivity index (χ0v) is 27.1. The van der Waals surface area contributed by atoms with E-state index in [1.165, 1.54) is 43.6 Å². The van der Waals surface area contributed by atoms with E-state index in [1.54, 1.807) is 0 Å². The first kappa shape index (κ1) is 28.3. The minimum absolute atomic E-state index is 1.05. The van der Waals surface area contributed by atoms with E-state index in [2.05, 4.69) is 177 Å². The van der Waals surface area contributed by atoms with Crippen molar-refractivity contribution in [1.82, 2.24) is 19.1 Å². The molecule has 0 unspecified atom stereocenters. The third-order valence-electron chi connectivity index (χ3n) is 9.97. The fraction of sp³-hybridized carbons (Fsp3) is 0. The van der Waals surface area contributed by atoms with Crippen molar-refractivity contribution < 1.29 is 0 Å². The van der Waals surface area contributed by atoms with Crippen molar-refractivity contribution >= 4 is 43.6 Å². The zero-order valence-electron chi connectivity index (χ0n) is 27.1. The first-order valence-electron chi connectivity index (χ1n) is 16.9. The zero-order chi connectivity index (χ0) is 33.0. The van der Waals surface area contributed by atoms with E-state index in [-0.39, 0.29) is 0 Å². The van der Waals surface area contributed by atoms with Crippen molar-refractivity contribution in [3.63, 3.8) is 0 Å². The van der Waals surface area contributed by atoms with Gasteiger partial charge in [-0.25, -0.2) is 0 Å². The molecule has 0 saturated heterocycles. The number of rotatable bonds is 5. The molecular formula is C46H30N4. The molecule has 0 aliphatic carbocycles. The highest BCUT2D eigenvalue weighted by Gasteiger charge is 2.16. The summed E-state index contributed by atoms with van der Waals surface area (Å²) in [5.41, 5.74) is 13.7. The maximum absolute atomic E-state index is 4.58. The quantitative estimate of drug-likeness (QED) is 0.188. The van der Waals surface area contributed by atoms with Crippen LogP contribution in [0.15, 0.2) is 183 Å². The van der Waals surface area contributed by atoms with Gasteiger partial charge >= 0.3 is 0 Å². The predicted molar refractivity (Wildman–Crippen MR) is 207 cm³/mol. The average Bonchev–Trinajstić information content (AvgIpc) is 3.71. The molecule has 0 N–H and O–H groups in total. The van der Waals surface area contributed by atoms with Crippen LogP contribution in [-0.2, 0) is 0 Å². The minimum atomic E-state index is 1.05. The van der Waals surface area contributed by atoms with Crippen LogP contribution in [-0.4, -0.2) is 19.1 Å². The van der Waals surface area contributed by atoms with Gasteiger partial charge in [-0.05, 0) is 82.9 Å². The summed E-state index contributed by atoms with van der Waals surface area (Å²) < 4.78 is 4.70. The highest BCUT2D eigenvalue weighted by atomic mass is 15.0. The third kappa shape index (κ3) is 4.39. The molecule has 0 atom stereocenters. The standard InChI is InChI=1S/C46H30N4/c1-5-13-43-37(9-1)38-10-2-6-14-44(38)49(43)33-21-17-31(18-22-33)35-25-27-47-29-41(35)42-30-48-28-26-36(42)32-19-23-34(24-20-32)50-45-15-7-3-11-39(45)40-12-4-8-16-46(40)50/h1-30H. The van der Waals surface area contributed by atoms with E-state index in [1.807, 2.05) is 24.8 Å². The number of benzene rings is 6. The van der Waals surface area contributed by atoms with Gasteiger partial charge in [0, 0.05) is 68.8 Å². The van der Waals surface area contributed by atoms with Gasteiger partial charge in [-0.2, -0.15) is 0 Å². The Bertz CT molecular complexity index is 2550. The van der Waals surface area contributed by atoms with Crippen LogP contribution >= 0.6 is 0 Å². The van der Waals surface area contributed by atoms with Crippen molar-refractivity contribution in [3.8, 4) is 44.8 Å². The first-order chi connectivity index (χ1) is 24.8. The van der Waals surface area contributed by atoms with Gasteiger partial charge in [0.25, 0.3) is 0 Å².